The van der Waals surface area contributed by atoms with Gasteiger partial charge in [-0.25, -0.2) is 0 Å². The Morgan fingerprint density at radius 3 is 1.53 bits per heavy atom. The van der Waals surface area contributed by atoms with E-state index in [2.05, 4.69) is 38.2 Å². The molecular weight excluding hydrogens is 288 g/mol. The van der Waals surface area contributed by atoms with Gasteiger partial charge in [-0.15, -0.1) is 0 Å². The van der Waals surface area contributed by atoms with Crippen molar-refractivity contribution in [2.45, 2.75) is 65.2 Å². The van der Waals surface area contributed by atoms with Crippen molar-refractivity contribution in [3.05, 3.63) is 24.3 Å². The van der Waals surface area contributed by atoms with Gasteiger partial charge in [0.05, 0.1) is 0 Å². The molecule has 0 bridgehead atoms. The van der Waals surface area contributed by atoms with Crippen molar-refractivity contribution in [1.29, 1.82) is 0 Å². The van der Waals surface area contributed by atoms with E-state index in [4.69, 9.17) is 0 Å². The molecule has 0 N–H and O–H groups in total. The first-order valence-corrected chi connectivity index (χ1v) is 11.4. The lowest BCUT2D eigenvalue weighted by Gasteiger charge is -2.01. The lowest BCUT2D eigenvalue weighted by atomic mass is 10.2. The molecule has 0 spiro atoms. The molecule has 0 amide bonds. The van der Waals surface area contributed by atoms with Gasteiger partial charge in [0.25, 0.3) is 0 Å². The van der Waals surface area contributed by atoms with Crippen LogP contribution in [0.15, 0.2) is 24.3 Å². The zero-order chi connectivity index (χ0) is 14.0. The molecule has 0 fully saturated rings. The molecule has 112 valence electrons. The molecule has 0 heterocycles. The van der Waals surface area contributed by atoms with Crippen LogP contribution in [0.25, 0.3) is 0 Å². The van der Waals surface area contributed by atoms with Gasteiger partial charge in [-0.2, -0.15) is 0 Å². The topological polar surface area (TPSA) is 0 Å². The lowest BCUT2D eigenvalue weighted by Crippen LogP contribution is -1.79. The molecule has 0 aliphatic heterocycles. The summed E-state index contributed by atoms with van der Waals surface area (Å²) in [6.45, 7) is 4.20. The van der Waals surface area contributed by atoms with E-state index in [1.807, 2.05) is 31.4 Å². The van der Waals surface area contributed by atoms with Crippen LogP contribution in [0.5, 0.6) is 0 Å². The number of allylic oxidation sites excluding steroid dienone is 4. The summed E-state index contributed by atoms with van der Waals surface area (Å²) in [6.07, 6.45) is 19.6. The summed E-state index contributed by atoms with van der Waals surface area (Å²) in [5.74, 6) is 2.63. The second-order valence-electron chi connectivity index (χ2n) is 4.55. The number of hydrogen-bond acceptors (Lipinski definition) is 3. The molecule has 3 heteroatoms. The molecule has 0 nitrogen and oxygen atoms in total. The molecule has 0 rings (SSSR count). The van der Waals surface area contributed by atoms with Gasteiger partial charge in [0.2, 0.25) is 0 Å². The van der Waals surface area contributed by atoms with Gasteiger partial charge < -0.3 is 0 Å². The minimum Gasteiger partial charge on any atom is -0.0917 e. The predicted octanol–water partition coefficient (Wildman–Crippen LogP) is 7.29. The van der Waals surface area contributed by atoms with Gasteiger partial charge in [0.1, 0.15) is 0 Å². The minimum atomic E-state index is 1.26. The van der Waals surface area contributed by atoms with Gasteiger partial charge in [0.15, 0.2) is 0 Å². The van der Waals surface area contributed by atoms with Crippen LogP contribution < -0.4 is 0 Å². The Labute approximate surface area is 132 Å². The maximum atomic E-state index is 2.27. The van der Waals surface area contributed by atoms with Crippen LogP contribution in [-0.2, 0) is 0 Å². The zero-order valence-electron chi connectivity index (χ0n) is 12.6. The Bertz CT molecular complexity index is 190. The van der Waals surface area contributed by atoms with Crippen molar-refractivity contribution >= 4 is 31.4 Å². The summed E-state index contributed by atoms with van der Waals surface area (Å²) < 4.78 is 0. The molecule has 0 aromatic rings. The highest BCUT2D eigenvalue weighted by Gasteiger charge is 1.94. The standard InChI is InChI=1S/C16H30S3/c1-3-5-7-9-11-13-15-17-19-18-16-14-12-10-8-6-4-2/h3-6H,7-16H2,1-2H3/b5-3+,6-4+. The van der Waals surface area contributed by atoms with Gasteiger partial charge in [-0.1, -0.05) is 58.7 Å². The van der Waals surface area contributed by atoms with Crippen LogP contribution in [0, 0.1) is 0 Å². The summed E-state index contributed by atoms with van der Waals surface area (Å²) in [7, 11) is 6.07. The Morgan fingerprint density at radius 1 is 0.632 bits per heavy atom. The van der Waals surface area contributed by atoms with Gasteiger partial charge in [0, 0.05) is 11.5 Å². The van der Waals surface area contributed by atoms with Crippen LogP contribution in [-0.4, -0.2) is 11.5 Å². The first kappa shape index (κ1) is 19.5. The largest absolute Gasteiger partial charge is 0.0917 e. The highest BCUT2D eigenvalue weighted by molar-refractivity contribution is 9.09. The van der Waals surface area contributed by atoms with Crippen LogP contribution in [0.1, 0.15) is 65.2 Å². The SMILES string of the molecule is C/C=C/CCCCCSSSCCCCC/C=C/C. The maximum absolute atomic E-state index is 2.27. The van der Waals surface area contributed by atoms with E-state index in [9.17, 15) is 0 Å². The fraction of sp³-hybridized carbons (Fsp3) is 0.750. The molecule has 19 heavy (non-hydrogen) atoms. The van der Waals surface area contributed by atoms with E-state index in [1.54, 1.807) is 0 Å². The van der Waals surface area contributed by atoms with Crippen molar-refractivity contribution in [2.75, 3.05) is 11.5 Å². The highest BCUT2D eigenvalue weighted by atomic mass is 33.5. The Kier molecular flexibility index (Phi) is 19.0. The quantitative estimate of drug-likeness (QED) is 0.187. The number of hydrogen-bond donors (Lipinski definition) is 0. The van der Waals surface area contributed by atoms with Crippen molar-refractivity contribution in [1.82, 2.24) is 0 Å². The van der Waals surface area contributed by atoms with Crippen LogP contribution >= 0.6 is 31.4 Å². The number of unbranched alkanes of at least 4 members (excludes halogenated alkanes) is 6. The zero-order valence-corrected chi connectivity index (χ0v) is 15.1. The van der Waals surface area contributed by atoms with E-state index < -0.39 is 0 Å². The monoisotopic (exact) mass is 318 g/mol. The maximum Gasteiger partial charge on any atom is 0.00451 e. The Hall–Kier alpha value is 0.530. The van der Waals surface area contributed by atoms with E-state index in [-0.39, 0.29) is 0 Å². The molecule has 0 aromatic heterocycles. The Balaban J connectivity index is 2.95. The summed E-state index contributed by atoms with van der Waals surface area (Å²) in [4.78, 5) is 0. The third-order valence-electron chi connectivity index (χ3n) is 2.76. The average molecular weight is 319 g/mol. The third kappa shape index (κ3) is 18.5. The second-order valence-corrected chi connectivity index (χ2v) is 9.02. The fourth-order valence-corrected chi connectivity index (χ4v) is 5.64. The Morgan fingerprint density at radius 2 is 1.11 bits per heavy atom. The van der Waals surface area contributed by atoms with E-state index in [0.717, 1.165) is 0 Å². The minimum absolute atomic E-state index is 1.26. The molecular formula is C16H30S3. The molecule has 0 aliphatic carbocycles. The summed E-state index contributed by atoms with van der Waals surface area (Å²) in [6, 6.07) is 0. The van der Waals surface area contributed by atoms with Crippen molar-refractivity contribution in [2.24, 2.45) is 0 Å². The van der Waals surface area contributed by atoms with E-state index in [1.165, 1.54) is 62.9 Å². The van der Waals surface area contributed by atoms with Crippen molar-refractivity contribution in [3.63, 3.8) is 0 Å². The van der Waals surface area contributed by atoms with Crippen LogP contribution in [0.2, 0.25) is 0 Å². The molecule has 0 saturated heterocycles. The van der Waals surface area contributed by atoms with Crippen LogP contribution in [0.3, 0.4) is 0 Å². The smallest absolute Gasteiger partial charge is 0.00451 e. The summed E-state index contributed by atoms with van der Waals surface area (Å²) >= 11 is 0. The van der Waals surface area contributed by atoms with Crippen LogP contribution in [0.4, 0.5) is 0 Å². The average Bonchev–Trinajstić information content (AvgIpc) is 2.43. The highest BCUT2D eigenvalue weighted by Crippen LogP contribution is 2.35. The second kappa shape index (κ2) is 18.5. The van der Waals surface area contributed by atoms with E-state index >= 15 is 0 Å². The van der Waals surface area contributed by atoms with Crippen molar-refractivity contribution in [3.8, 4) is 0 Å². The van der Waals surface area contributed by atoms with Gasteiger partial charge in [-0.05, 0) is 62.2 Å². The molecule has 0 unspecified atom stereocenters. The normalized spacial score (nSPS) is 11.9. The van der Waals surface area contributed by atoms with E-state index in [0.29, 0.717) is 0 Å². The number of rotatable bonds is 14. The fourth-order valence-electron chi connectivity index (χ4n) is 1.64. The first-order chi connectivity index (χ1) is 9.41. The lowest BCUT2D eigenvalue weighted by molar-refractivity contribution is 0.735. The first-order valence-electron chi connectivity index (χ1n) is 7.55. The molecule has 0 atom stereocenters. The molecule has 0 saturated carbocycles. The predicted molar refractivity (Wildman–Crippen MR) is 99.1 cm³/mol. The molecule has 0 aromatic carbocycles. The summed E-state index contributed by atoms with van der Waals surface area (Å²) in [5.41, 5.74) is 0. The van der Waals surface area contributed by atoms with Gasteiger partial charge >= 0.3 is 0 Å². The molecule has 0 aliphatic rings. The van der Waals surface area contributed by atoms with Gasteiger partial charge in [-0.3, -0.25) is 0 Å². The summed E-state index contributed by atoms with van der Waals surface area (Å²) in [5, 5.41) is 0. The third-order valence-corrected chi connectivity index (χ3v) is 7.18. The molecule has 0 radical (unpaired) electrons. The van der Waals surface area contributed by atoms with Crippen molar-refractivity contribution < 1.29 is 0 Å².